The number of nitrogens with zero attached hydrogens (tertiary/aromatic N) is 1. The lowest BCUT2D eigenvalue weighted by atomic mass is 10.0. The number of hydrogen-bond acceptors (Lipinski definition) is 2. The molecular weight excluding hydrogens is 443 g/mol. The van der Waals surface area contributed by atoms with Crippen molar-refractivity contribution in [2.75, 3.05) is 0 Å². The Balaban J connectivity index is 2.35. The van der Waals surface area contributed by atoms with Gasteiger partial charge < -0.3 is 10.2 Å². The minimum Gasteiger partial charge on any atom is -0.350 e. The zero-order chi connectivity index (χ0) is 22.5. The average molecular weight is 470 g/mol. The summed E-state index contributed by atoms with van der Waals surface area (Å²) in [5.74, 6) is -0.385. The van der Waals surface area contributed by atoms with Gasteiger partial charge in [0.1, 0.15) is 6.04 Å². The Bertz CT molecular complexity index is 910. The van der Waals surface area contributed by atoms with E-state index in [-0.39, 0.29) is 24.8 Å². The number of rotatable bonds is 7. The molecule has 30 heavy (non-hydrogen) atoms. The van der Waals surface area contributed by atoms with Gasteiger partial charge in [-0.1, -0.05) is 66.0 Å². The molecule has 0 saturated heterocycles. The smallest absolute Gasteiger partial charge is 0.243 e. The number of carbonyl (C=O) groups is 2. The topological polar surface area (TPSA) is 49.4 Å². The summed E-state index contributed by atoms with van der Waals surface area (Å²) in [5, 5.41) is 4.35. The van der Waals surface area contributed by atoms with Gasteiger partial charge in [-0.2, -0.15) is 0 Å². The van der Waals surface area contributed by atoms with Gasteiger partial charge in [-0.05, 0) is 56.5 Å². The van der Waals surface area contributed by atoms with Crippen LogP contribution in [0, 0.1) is 0 Å². The van der Waals surface area contributed by atoms with E-state index >= 15 is 0 Å². The molecule has 0 aliphatic rings. The molecule has 0 unspecified atom stereocenters. The molecule has 0 heterocycles. The number of benzene rings is 2. The Kier molecular flexibility index (Phi) is 8.60. The number of amides is 2. The molecule has 2 aromatic rings. The molecule has 162 valence electrons. The third-order valence-corrected chi connectivity index (χ3v) is 5.63. The van der Waals surface area contributed by atoms with Crippen molar-refractivity contribution in [3.63, 3.8) is 0 Å². The third kappa shape index (κ3) is 6.90. The van der Waals surface area contributed by atoms with Crippen molar-refractivity contribution in [1.29, 1.82) is 0 Å². The summed E-state index contributed by atoms with van der Waals surface area (Å²) in [7, 11) is 0. The predicted molar refractivity (Wildman–Crippen MR) is 124 cm³/mol. The van der Waals surface area contributed by atoms with Crippen molar-refractivity contribution in [2.45, 2.75) is 58.7 Å². The molecule has 0 saturated carbocycles. The Hall–Kier alpha value is -1.75. The highest BCUT2D eigenvalue weighted by Crippen LogP contribution is 2.24. The minimum atomic E-state index is -0.629. The standard InChI is InChI=1S/C23H27Cl3N2O2/c1-5-20(22(30)27-23(2,3)4)28(14-16-8-6-7-9-17(16)24)21(29)13-15-10-11-18(25)19(26)12-15/h6-12,20H,5,13-14H2,1-4H3,(H,27,30)/t20-/m1/s1. The Labute approximate surface area is 193 Å². The van der Waals surface area contributed by atoms with Crippen molar-refractivity contribution >= 4 is 46.6 Å². The first kappa shape index (κ1) is 24.5. The molecule has 7 heteroatoms. The van der Waals surface area contributed by atoms with Gasteiger partial charge in [0, 0.05) is 17.1 Å². The van der Waals surface area contributed by atoms with Gasteiger partial charge in [0.05, 0.1) is 16.5 Å². The summed E-state index contributed by atoms with van der Waals surface area (Å²) in [6.45, 7) is 7.85. The molecule has 0 spiro atoms. The highest BCUT2D eigenvalue weighted by atomic mass is 35.5. The lowest BCUT2D eigenvalue weighted by molar-refractivity contribution is -0.141. The van der Waals surface area contributed by atoms with Crippen LogP contribution < -0.4 is 5.32 Å². The van der Waals surface area contributed by atoms with Crippen LogP contribution in [0.3, 0.4) is 0 Å². The van der Waals surface area contributed by atoms with Crippen molar-refractivity contribution in [2.24, 2.45) is 0 Å². The van der Waals surface area contributed by atoms with E-state index in [2.05, 4.69) is 5.32 Å². The van der Waals surface area contributed by atoms with Crippen LogP contribution in [0.5, 0.6) is 0 Å². The van der Waals surface area contributed by atoms with E-state index in [4.69, 9.17) is 34.8 Å². The van der Waals surface area contributed by atoms with Gasteiger partial charge in [-0.3, -0.25) is 9.59 Å². The number of carbonyl (C=O) groups excluding carboxylic acids is 2. The molecule has 2 aromatic carbocycles. The van der Waals surface area contributed by atoms with Crippen molar-refractivity contribution in [1.82, 2.24) is 10.2 Å². The predicted octanol–water partition coefficient (Wildman–Crippen LogP) is 5.91. The summed E-state index contributed by atoms with van der Waals surface area (Å²) in [4.78, 5) is 27.9. The normalized spacial score (nSPS) is 12.4. The van der Waals surface area contributed by atoms with Crippen LogP contribution in [0.4, 0.5) is 0 Å². The minimum absolute atomic E-state index is 0.0979. The molecular formula is C23H27Cl3N2O2. The first-order valence-electron chi connectivity index (χ1n) is 9.80. The van der Waals surface area contributed by atoms with Crippen LogP contribution in [0.2, 0.25) is 15.1 Å². The fourth-order valence-electron chi connectivity index (χ4n) is 3.11. The molecule has 0 fully saturated rings. The molecule has 0 bridgehead atoms. The van der Waals surface area contributed by atoms with Crippen LogP contribution in [0.25, 0.3) is 0 Å². The van der Waals surface area contributed by atoms with E-state index < -0.39 is 11.6 Å². The van der Waals surface area contributed by atoms with Gasteiger partial charge in [0.2, 0.25) is 11.8 Å². The van der Waals surface area contributed by atoms with Crippen LogP contribution in [-0.4, -0.2) is 28.3 Å². The second-order valence-corrected chi connectivity index (χ2v) is 9.42. The summed E-state index contributed by atoms with van der Waals surface area (Å²) >= 11 is 18.4. The van der Waals surface area contributed by atoms with Crippen LogP contribution in [-0.2, 0) is 22.6 Å². The first-order chi connectivity index (χ1) is 14.0. The maximum absolute atomic E-state index is 13.3. The largest absolute Gasteiger partial charge is 0.350 e. The zero-order valence-corrected chi connectivity index (χ0v) is 19.9. The van der Waals surface area contributed by atoms with E-state index in [1.165, 1.54) is 0 Å². The maximum atomic E-state index is 13.3. The van der Waals surface area contributed by atoms with Crippen LogP contribution in [0.1, 0.15) is 45.2 Å². The van der Waals surface area contributed by atoms with Gasteiger partial charge in [0.25, 0.3) is 0 Å². The molecule has 2 rings (SSSR count). The van der Waals surface area contributed by atoms with E-state index in [1.807, 2.05) is 45.9 Å². The number of hydrogen-bond donors (Lipinski definition) is 1. The second kappa shape index (κ2) is 10.5. The summed E-state index contributed by atoms with van der Waals surface area (Å²) in [6, 6.07) is 11.8. The Morgan fingerprint density at radius 1 is 1.00 bits per heavy atom. The molecule has 2 amide bonds. The second-order valence-electron chi connectivity index (χ2n) is 8.20. The van der Waals surface area contributed by atoms with Gasteiger partial charge in [0.15, 0.2) is 0 Å². The molecule has 0 aromatic heterocycles. The van der Waals surface area contributed by atoms with Crippen LogP contribution >= 0.6 is 34.8 Å². The van der Waals surface area contributed by atoms with Gasteiger partial charge in [-0.15, -0.1) is 0 Å². The molecule has 1 atom stereocenters. The fraction of sp³-hybridized carbons (Fsp3) is 0.391. The first-order valence-corrected chi connectivity index (χ1v) is 10.9. The monoisotopic (exact) mass is 468 g/mol. The quantitative estimate of drug-likeness (QED) is 0.548. The molecule has 0 radical (unpaired) electrons. The van der Waals surface area contributed by atoms with E-state index in [9.17, 15) is 9.59 Å². The van der Waals surface area contributed by atoms with E-state index in [0.29, 0.717) is 21.5 Å². The summed E-state index contributed by atoms with van der Waals surface area (Å²) in [5.41, 5.74) is 1.10. The van der Waals surface area contributed by atoms with Crippen molar-refractivity contribution in [3.05, 3.63) is 68.7 Å². The van der Waals surface area contributed by atoms with Crippen molar-refractivity contribution < 1.29 is 9.59 Å². The van der Waals surface area contributed by atoms with Crippen LogP contribution in [0.15, 0.2) is 42.5 Å². The Morgan fingerprint density at radius 2 is 1.67 bits per heavy atom. The number of nitrogens with one attached hydrogen (secondary N) is 1. The van der Waals surface area contributed by atoms with E-state index in [1.54, 1.807) is 29.2 Å². The Morgan fingerprint density at radius 3 is 2.23 bits per heavy atom. The summed E-state index contributed by atoms with van der Waals surface area (Å²) < 4.78 is 0. The van der Waals surface area contributed by atoms with Gasteiger partial charge in [-0.25, -0.2) is 0 Å². The molecule has 0 aliphatic heterocycles. The zero-order valence-electron chi connectivity index (χ0n) is 17.6. The molecule has 4 nitrogen and oxygen atoms in total. The highest BCUT2D eigenvalue weighted by Gasteiger charge is 2.31. The lowest BCUT2D eigenvalue weighted by Gasteiger charge is -2.33. The average Bonchev–Trinajstić information content (AvgIpc) is 2.64. The fourth-order valence-corrected chi connectivity index (χ4v) is 3.62. The van der Waals surface area contributed by atoms with Crippen molar-refractivity contribution in [3.8, 4) is 0 Å². The highest BCUT2D eigenvalue weighted by molar-refractivity contribution is 6.42. The lowest BCUT2D eigenvalue weighted by Crippen LogP contribution is -2.53. The molecule has 1 N–H and O–H groups in total. The molecule has 0 aliphatic carbocycles. The summed E-state index contributed by atoms with van der Waals surface area (Å²) in [6.07, 6.45) is 0.570. The maximum Gasteiger partial charge on any atom is 0.243 e. The third-order valence-electron chi connectivity index (χ3n) is 4.52. The van der Waals surface area contributed by atoms with Gasteiger partial charge >= 0.3 is 0 Å². The number of halogens is 3. The van der Waals surface area contributed by atoms with E-state index in [0.717, 1.165) is 11.1 Å². The SMILES string of the molecule is CC[C@H](C(=O)NC(C)(C)C)N(Cc1ccccc1Cl)C(=O)Cc1ccc(Cl)c(Cl)c1.